The van der Waals surface area contributed by atoms with Crippen LogP contribution < -0.4 is 9.47 Å². The summed E-state index contributed by atoms with van der Waals surface area (Å²) < 4.78 is 16.5. The molecule has 1 aliphatic carbocycles. The smallest absolute Gasteiger partial charge is 0.338 e. The average Bonchev–Trinajstić information content (AvgIpc) is 3.33. The molecule has 6 nitrogen and oxygen atoms in total. The first-order valence-corrected chi connectivity index (χ1v) is 13.0. The van der Waals surface area contributed by atoms with E-state index in [-0.39, 0.29) is 28.7 Å². The fourth-order valence-corrected chi connectivity index (χ4v) is 4.81. The van der Waals surface area contributed by atoms with Gasteiger partial charge in [-0.3, -0.25) is 0 Å². The largest absolute Gasteiger partial charge is 0.454 e. The minimum Gasteiger partial charge on any atom is -0.454 e. The third-order valence-electron chi connectivity index (χ3n) is 6.86. The highest BCUT2D eigenvalue weighted by Crippen LogP contribution is 2.42. The van der Waals surface area contributed by atoms with E-state index in [0.29, 0.717) is 0 Å². The number of ether oxygens (including phenoxy) is 3. The molecule has 1 atom stereocenters. The van der Waals surface area contributed by atoms with Crippen molar-refractivity contribution in [1.29, 1.82) is 0 Å². The van der Waals surface area contributed by atoms with E-state index in [9.17, 15) is 14.4 Å². The van der Waals surface area contributed by atoms with Crippen LogP contribution in [0.25, 0.3) is 22.3 Å². The van der Waals surface area contributed by atoms with E-state index in [0.717, 1.165) is 51.8 Å². The van der Waals surface area contributed by atoms with Crippen molar-refractivity contribution in [3.63, 3.8) is 0 Å². The van der Waals surface area contributed by atoms with Gasteiger partial charge < -0.3 is 14.2 Å². The zero-order valence-electron chi connectivity index (χ0n) is 23.3. The molecule has 0 saturated heterocycles. The van der Waals surface area contributed by atoms with Crippen LogP contribution in [0.4, 0.5) is 0 Å². The van der Waals surface area contributed by atoms with Crippen LogP contribution in [-0.4, -0.2) is 17.9 Å². The number of benzene rings is 3. The monoisotopic (exact) mass is 536 g/mol. The van der Waals surface area contributed by atoms with Crippen molar-refractivity contribution in [3.05, 3.63) is 108 Å². The summed E-state index contributed by atoms with van der Waals surface area (Å²) in [4.78, 5) is 36.3. The second-order valence-corrected chi connectivity index (χ2v) is 10.0. The lowest BCUT2D eigenvalue weighted by atomic mass is 9.89. The summed E-state index contributed by atoms with van der Waals surface area (Å²) in [6.45, 7) is 17.9. The summed E-state index contributed by atoms with van der Waals surface area (Å²) >= 11 is 0. The molecule has 0 amide bonds. The number of rotatable bonds is 8. The zero-order valence-corrected chi connectivity index (χ0v) is 23.3. The van der Waals surface area contributed by atoms with Gasteiger partial charge in [-0.2, -0.15) is 0 Å². The van der Waals surface area contributed by atoms with Crippen molar-refractivity contribution in [3.8, 4) is 33.8 Å². The van der Waals surface area contributed by atoms with E-state index in [2.05, 4.69) is 37.9 Å². The highest BCUT2D eigenvalue weighted by Gasteiger charge is 2.28. The van der Waals surface area contributed by atoms with Crippen LogP contribution in [0, 0.1) is 13.8 Å². The van der Waals surface area contributed by atoms with Gasteiger partial charge in [0.25, 0.3) is 0 Å². The molecule has 0 N–H and O–H groups in total. The van der Waals surface area contributed by atoms with Crippen molar-refractivity contribution in [1.82, 2.24) is 0 Å². The summed E-state index contributed by atoms with van der Waals surface area (Å²) in [5, 5.41) is 0. The normalized spacial score (nSPS) is 13.7. The molecular formula is C34H32O6. The Morgan fingerprint density at radius 2 is 1.45 bits per heavy atom. The van der Waals surface area contributed by atoms with Gasteiger partial charge in [0.05, 0.1) is 0 Å². The van der Waals surface area contributed by atoms with Gasteiger partial charge in [0.2, 0.25) is 0 Å². The van der Waals surface area contributed by atoms with Gasteiger partial charge in [-0.05, 0) is 97.2 Å². The fourth-order valence-electron chi connectivity index (χ4n) is 4.81. The van der Waals surface area contributed by atoms with Crippen molar-refractivity contribution >= 4 is 17.9 Å². The molecule has 0 bridgehead atoms. The lowest BCUT2D eigenvalue weighted by molar-refractivity contribution is -0.143. The van der Waals surface area contributed by atoms with Gasteiger partial charge in [0, 0.05) is 17.2 Å². The lowest BCUT2D eigenvalue weighted by Gasteiger charge is -2.17. The molecule has 4 rings (SSSR count). The van der Waals surface area contributed by atoms with Crippen LogP contribution in [0.5, 0.6) is 11.5 Å². The molecular weight excluding hydrogens is 504 g/mol. The predicted octanol–water partition coefficient (Wildman–Crippen LogP) is 7.32. The molecule has 1 aliphatic rings. The van der Waals surface area contributed by atoms with E-state index < -0.39 is 17.9 Å². The molecule has 204 valence electrons. The van der Waals surface area contributed by atoms with E-state index in [4.69, 9.17) is 14.2 Å². The summed E-state index contributed by atoms with van der Waals surface area (Å²) in [5.41, 5.74) is 8.65. The van der Waals surface area contributed by atoms with Crippen LogP contribution in [0.15, 0.2) is 85.5 Å². The van der Waals surface area contributed by atoms with Crippen LogP contribution >= 0.6 is 0 Å². The molecule has 0 heterocycles. The topological polar surface area (TPSA) is 78.9 Å². The Morgan fingerprint density at radius 3 is 2.10 bits per heavy atom. The molecule has 0 aliphatic heterocycles. The van der Waals surface area contributed by atoms with Gasteiger partial charge in [0.1, 0.15) is 6.10 Å². The van der Waals surface area contributed by atoms with Crippen molar-refractivity contribution in [2.75, 3.05) is 0 Å². The van der Waals surface area contributed by atoms with E-state index in [1.54, 1.807) is 26.0 Å². The maximum Gasteiger partial charge on any atom is 0.338 e. The summed E-state index contributed by atoms with van der Waals surface area (Å²) in [7, 11) is 0. The molecule has 1 unspecified atom stereocenters. The van der Waals surface area contributed by atoms with Gasteiger partial charge in [0.15, 0.2) is 11.5 Å². The second kappa shape index (κ2) is 11.6. The quantitative estimate of drug-likeness (QED) is 0.171. The standard InChI is InChI=1S/C34H32O6/c1-8-32(35)38-29-15-13-25-24(10-9-11-26(25)29)28-17-21(6)27(16-22(28)7)23-12-14-30(39-33(36)19(2)3)31(18-23)40-34(37)20(4)5/h8-12,14,16-18,29H,1-2,4,13,15H2,3,5-7H3. The van der Waals surface area contributed by atoms with Crippen LogP contribution in [0.3, 0.4) is 0 Å². The Bertz CT molecular complexity index is 1580. The van der Waals surface area contributed by atoms with Crippen molar-refractivity contribution < 1.29 is 28.6 Å². The Labute approximate surface area is 234 Å². The summed E-state index contributed by atoms with van der Waals surface area (Å²) in [6.07, 6.45) is 2.45. The minimum atomic E-state index is -0.622. The second-order valence-electron chi connectivity index (χ2n) is 10.0. The first-order chi connectivity index (χ1) is 19.0. The molecule has 3 aromatic rings. The van der Waals surface area contributed by atoms with Gasteiger partial charge in [-0.1, -0.05) is 56.1 Å². The Balaban J connectivity index is 1.74. The molecule has 0 fully saturated rings. The number of fused-ring (bicyclic) bond motifs is 1. The molecule has 6 heteroatoms. The third-order valence-corrected chi connectivity index (χ3v) is 6.86. The number of carbonyl (C=O) groups is 3. The first-order valence-electron chi connectivity index (χ1n) is 13.0. The van der Waals surface area contributed by atoms with Crippen LogP contribution in [0.1, 0.15) is 48.6 Å². The molecule has 0 radical (unpaired) electrons. The number of hydrogen-bond acceptors (Lipinski definition) is 6. The molecule has 3 aromatic carbocycles. The highest BCUT2D eigenvalue weighted by molar-refractivity contribution is 5.91. The maximum atomic E-state index is 12.3. The van der Waals surface area contributed by atoms with E-state index in [1.165, 1.54) is 11.6 Å². The molecule has 0 spiro atoms. The van der Waals surface area contributed by atoms with E-state index >= 15 is 0 Å². The fraction of sp³-hybridized carbons (Fsp3) is 0.206. The number of esters is 3. The SMILES string of the molecule is C=CC(=O)OC1CCc2c(-c3cc(C)c(-c4ccc(OC(=O)C(=C)C)c(OC(=O)C(=C)C)c4)cc3C)cccc21. The van der Waals surface area contributed by atoms with Crippen molar-refractivity contribution in [2.24, 2.45) is 0 Å². The summed E-state index contributed by atoms with van der Waals surface area (Å²) in [5.74, 6) is -1.43. The van der Waals surface area contributed by atoms with Crippen LogP contribution in [-0.2, 0) is 25.5 Å². The predicted molar refractivity (Wildman–Crippen MR) is 155 cm³/mol. The third kappa shape index (κ3) is 5.81. The number of aryl methyl sites for hydroxylation is 2. The number of carbonyl (C=O) groups excluding carboxylic acids is 3. The van der Waals surface area contributed by atoms with Gasteiger partial charge >= 0.3 is 17.9 Å². The van der Waals surface area contributed by atoms with Crippen LogP contribution in [0.2, 0.25) is 0 Å². The van der Waals surface area contributed by atoms with Gasteiger partial charge in [-0.25, -0.2) is 14.4 Å². The molecule has 0 saturated carbocycles. The first kappa shape index (κ1) is 28.3. The highest BCUT2D eigenvalue weighted by atomic mass is 16.6. The van der Waals surface area contributed by atoms with Gasteiger partial charge in [-0.15, -0.1) is 0 Å². The Morgan fingerprint density at radius 1 is 0.825 bits per heavy atom. The Kier molecular flexibility index (Phi) is 8.19. The average molecular weight is 537 g/mol. The van der Waals surface area contributed by atoms with Crippen molar-refractivity contribution in [2.45, 2.75) is 46.6 Å². The minimum absolute atomic E-state index is 0.113. The lowest BCUT2D eigenvalue weighted by Crippen LogP contribution is -2.12. The molecule has 0 aromatic heterocycles. The zero-order chi connectivity index (χ0) is 29.1. The number of hydrogen-bond donors (Lipinski definition) is 0. The molecule has 40 heavy (non-hydrogen) atoms. The maximum absolute atomic E-state index is 12.3. The summed E-state index contributed by atoms with van der Waals surface area (Å²) in [6, 6.07) is 15.4. The Hall–Kier alpha value is -4.71. The van der Waals surface area contributed by atoms with E-state index in [1.807, 2.05) is 32.0 Å².